The molecule has 5 heteroatoms. The number of nitrogens with one attached hydrogen (secondary N) is 1. The number of hydrogen-bond acceptors (Lipinski definition) is 3. The third kappa shape index (κ3) is 6.23. The summed E-state index contributed by atoms with van der Waals surface area (Å²) in [5.74, 6) is 0.124. The molecular formula is C20H31NO3S. The molecule has 2 rings (SSSR count). The fraction of sp³-hybridized carbons (Fsp3) is 0.650. The molecule has 1 aromatic rings. The summed E-state index contributed by atoms with van der Waals surface area (Å²) in [7, 11) is -1.20. The Bertz CT molecular complexity index is 582. The Balaban J connectivity index is 2.14. The van der Waals surface area contributed by atoms with E-state index in [0.29, 0.717) is 6.42 Å². The number of rotatable bonds is 6. The number of carbonyl (C=O) groups excluding carboxylic acids is 1. The van der Waals surface area contributed by atoms with Gasteiger partial charge < -0.3 is 4.74 Å². The Kier molecular flexibility index (Phi) is 7.20. The Morgan fingerprint density at radius 2 is 1.96 bits per heavy atom. The molecule has 25 heavy (non-hydrogen) atoms. The highest BCUT2D eigenvalue weighted by Crippen LogP contribution is 2.26. The van der Waals surface area contributed by atoms with E-state index in [0.717, 1.165) is 25.7 Å². The molecule has 140 valence electrons. The van der Waals surface area contributed by atoms with Crippen molar-refractivity contribution in [1.29, 1.82) is 0 Å². The van der Waals surface area contributed by atoms with Crippen LogP contribution in [0, 0.1) is 5.92 Å². The molecule has 4 atom stereocenters. The van der Waals surface area contributed by atoms with Crippen molar-refractivity contribution < 1.29 is 13.7 Å². The second-order valence-corrected chi connectivity index (χ2v) is 9.95. The molecule has 1 unspecified atom stereocenters. The van der Waals surface area contributed by atoms with E-state index in [-0.39, 0.29) is 28.8 Å². The van der Waals surface area contributed by atoms with E-state index in [4.69, 9.17) is 4.74 Å². The van der Waals surface area contributed by atoms with Gasteiger partial charge in [0.25, 0.3) is 0 Å². The van der Waals surface area contributed by atoms with Gasteiger partial charge in [-0.3, -0.25) is 4.79 Å². The average Bonchev–Trinajstić information content (AvgIpc) is 2.72. The van der Waals surface area contributed by atoms with Crippen LogP contribution in [-0.4, -0.2) is 27.1 Å². The van der Waals surface area contributed by atoms with Crippen molar-refractivity contribution in [3.63, 3.8) is 0 Å². The third-order valence-corrected chi connectivity index (χ3v) is 6.30. The van der Waals surface area contributed by atoms with Crippen LogP contribution in [0.1, 0.15) is 58.9 Å². The van der Waals surface area contributed by atoms with Crippen LogP contribution >= 0.6 is 0 Å². The zero-order chi connectivity index (χ0) is 18.4. The van der Waals surface area contributed by atoms with Crippen LogP contribution in [0.3, 0.4) is 0 Å². The summed E-state index contributed by atoms with van der Waals surface area (Å²) >= 11 is 0. The van der Waals surface area contributed by atoms with Gasteiger partial charge >= 0.3 is 5.97 Å². The predicted octanol–water partition coefficient (Wildman–Crippen LogP) is 3.77. The van der Waals surface area contributed by atoms with E-state index < -0.39 is 11.0 Å². The van der Waals surface area contributed by atoms with Crippen LogP contribution in [-0.2, 0) is 26.9 Å². The predicted molar refractivity (Wildman–Crippen MR) is 102 cm³/mol. The molecule has 1 heterocycles. The first-order chi connectivity index (χ1) is 11.8. The monoisotopic (exact) mass is 365 g/mol. The Morgan fingerprint density at radius 1 is 1.28 bits per heavy atom. The molecule has 0 saturated carbocycles. The number of cyclic esters (lactones) is 1. The second kappa shape index (κ2) is 8.95. The first kappa shape index (κ1) is 20.1. The summed E-state index contributed by atoms with van der Waals surface area (Å²) in [5, 5.41) is 0. The molecule has 1 saturated heterocycles. The van der Waals surface area contributed by atoms with E-state index in [1.807, 2.05) is 39.0 Å². The van der Waals surface area contributed by atoms with Gasteiger partial charge in [-0.25, -0.2) is 8.93 Å². The van der Waals surface area contributed by atoms with Crippen LogP contribution in [0.15, 0.2) is 30.3 Å². The van der Waals surface area contributed by atoms with Crippen LogP contribution in [0.4, 0.5) is 0 Å². The normalized spacial score (nSPS) is 24.2. The van der Waals surface area contributed by atoms with Crippen molar-refractivity contribution >= 4 is 17.0 Å². The number of ether oxygens (including phenoxy) is 1. The number of aryl methyl sites for hydroxylation is 1. The highest BCUT2D eigenvalue weighted by molar-refractivity contribution is 7.84. The molecule has 4 nitrogen and oxygen atoms in total. The summed E-state index contributed by atoms with van der Waals surface area (Å²) in [4.78, 5) is 12.0. The first-order valence-corrected chi connectivity index (χ1v) is 10.3. The van der Waals surface area contributed by atoms with Gasteiger partial charge in [-0.1, -0.05) is 37.3 Å². The van der Waals surface area contributed by atoms with Gasteiger partial charge in [0.05, 0.1) is 21.8 Å². The Morgan fingerprint density at radius 3 is 2.60 bits per heavy atom. The van der Waals surface area contributed by atoms with Gasteiger partial charge in [0.2, 0.25) is 0 Å². The molecule has 1 aliphatic rings. The van der Waals surface area contributed by atoms with Crippen LogP contribution in [0.2, 0.25) is 0 Å². The van der Waals surface area contributed by atoms with E-state index in [1.165, 1.54) is 5.56 Å². The fourth-order valence-corrected chi connectivity index (χ4v) is 3.99. The summed E-state index contributed by atoms with van der Waals surface area (Å²) in [6.45, 7) is 7.98. The molecule has 0 amide bonds. The Hall–Kier alpha value is -1.20. The number of carbonyl (C=O) groups is 1. The minimum absolute atomic E-state index is 0.114. The Labute approximate surface area is 154 Å². The van der Waals surface area contributed by atoms with Crippen LogP contribution < -0.4 is 4.72 Å². The summed E-state index contributed by atoms with van der Waals surface area (Å²) in [5.41, 5.74) is 1.24. The smallest absolute Gasteiger partial charge is 0.306 e. The average molecular weight is 366 g/mol. The molecule has 1 N–H and O–H groups in total. The molecule has 0 bridgehead atoms. The van der Waals surface area contributed by atoms with Crippen molar-refractivity contribution in [3.05, 3.63) is 35.9 Å². The van der Waals surface area contributed by atoms with Crippen LogP contribution in [0.5, 0.6) is 0 Å². The van der Waals surface area contributed by atoms with Gasteiger partial charge in [-0.05, 0) is 57.9 Å². The first-order valence-electron chi connectivity index (χ1n) is 9.19. The van der Waals surface area contributed by atoms with Gasteiger partial charge in [0.1, 0.15) is 6.10 Å². The topological polar surface area (TPSA) is 55.4 Å². The van der Waals surface area contributed by atoms with E-state index in [1.54, 1.807) is 0 Å². The highest BCUT2D eigenvalue weighted by Gasteiger charge is 2.34. The lowest BCUT2D eigenvalue weighted by Gasteiger charge is -2.32. The summed E-state index contributed by atoms with van der Waals surface area (Å²) in [6, 6.07) is 10.1. The van der Waals surface area contributed by atoms with Crippen molar-refractivity contribution in [1.82, 2.24) is 4.72 Å². The fourth-order valence-electron chi connectivity index (χ4n) is 3.11. The standard InChI is InChI=1S/C20H31NO3S/c1-15-9-8-12-18(22)24-19(15)17(21-25(23)20(2,3)4)14-13-16-10-6-5-7-11-16/h5-7,10-11,15,17,19,21H,8-9,12-14H2,1-4H3/t15-,17+,19-,25?/m0/s1. The maximum atomic E-state index is 12.7. The molecule has 0 radical (unpaired) electrons. The van der Waals surface area contributed by atoms with Crippen molar-refractivity contribution in [3.8, 4) is 0 Å². The van der Waals surface area contributed by atoms with E-state index >= 15 is 0 Å². The SMILES string of the molecule is C[C@H]1CCCC(=O)O[C@@H]1[C@@H](CCc1ccccc1)NS(=O)C(C)(C)C. The van der Waals surface area contributed by atoms with Crippen molar-refractivity contribution in [2.45, 2.75) is 76.7 Å². The lowest BCUT2D eigenvalue weighted by Crippen LogP contribution is -2.49. The van der Waals surface area contributed by atoms with E-state index in [9.17, 15) is 9.00 Å². The molecule has 0 spiro atoms. The molecule has 1 aromatic carbocycles. The molecule has 1 aliphatic heterocycles. The largest absolute Gasteiger partial charge is 0.460 e. The van der Waals surface area contributed by atoms with Gasteiger partial charge in [-0.15, -0.1) is 0 Å². The summed E-state index contributed by atoms with van der Waals surface area (Å²) in [6.07, 6.45) is 3.72. The van der Waals surface area contributed by atoms with Crippen molar-refractivity contribution in [2.75, 3.05) is 0 Å². The maximum absolute atomic E-state index is 12.7. The second-order valence-electron chi connectivity index (χ2n) is 7.95. The lowest BCUT2D eigenvalue weighted by atomic mass is 9.91. The maximum Gasteiger partial charge on any atom is 0.306 e. The van der Waals surface area contributed by atoms with Crippen molar-refractivity contribution in [2.24, 2.45) is 5.92 Å². The minimum atomic E-state index is -1.20. The quantitative estimate of drug-likeness (QED) is 0.781. The van der Waals surface area contributed by atoms with E-state index in [2.05, 4.69) is 23.8 Å². The third-order valence-electron chi connectivity index (χ3n) is 4.67. The molecule has 0 aliphatic carbocycles. The highest BCUT2D eigenvalue weighted by atomic mass is 32.2. The molecule has 1 fully saturated rings. The van der Waals surface area contributed by atoms with Gasteiger partial charge in [-0.2, -0.15) is 0 Å². The summed E-state index contributed by atoms with van der Waals surface area (Å²) < 4.78 is 21.3. The van der Waals surface area contributed by atoms with Crippen LogP contribution in [0.25, 0.3) is 0 Å². The molecular weight excluding hydrogens is 334 g/mol. The number of hydrogen-bond donors (Lipinski definition) is 1. The number of esters is 1. The zero-order valence-electron chi connectivity index (χ0n) is 15.8. The zero-order valence-corrected chi connectivity index (χ0v) is 16.6. The lowest BCUT2D eigenvalue weighted by molar-refractivity contribution is -0.151. The van der Waals surface area contributed by atoms with Gasteiger partial charge in [0, 0.05) is 6.42 Å². The number of benzene rings is 1. The minimum Gasteiger partial charge on any atom is -0.460 e. The van der Waals surface area contributed by atoms with Gasteiger partial charge in [0.15, 0.2) is 0 Å². The molecule has 0 aromatic heterocycles.